The third-order valence-electron chi connectivity index (χ3n) is 5.01. The van der Waals surface area contributed by atoms with Gasteiger partial charge in [-0.15, -0.1) is 0 Å². The Morgan fingerprint density at radius 2 is 1.36 bits per heavy atom. The van der Waals surface area contributed by atoms with Crippen molar-refractivity contribution in [2.24, 2.45) is 5.41 Å². The number of hydrogen-bond acceptors (Lipinski definition) is 3. The number of benzene rings is 2. The number of nitrogens with zero attached hydrogens (tertiary/aromatic N) is 1. The van der Waals surface area contributed by atoms with Crippen LogP contribution in [-0.4, -0.2) is 25.9 Å². The van der Waals surface area contributed by atoms with Gasteiger partial charge in [-0.25, -0.2) is 0 Å². The standard InChI is InChI=1S/C23H31N3O2/c1-7-16-10-9-11-17(8-2)20(16)25-22(28)23(3,4)21(27)24-18-12-14-19(15-13-18)26(5)6/h9-15H,7-8H2,1-6H3,(H,24,27)(H,25,28). The number of para-hydroxylation sites is 1. The van der Waals surface area contributed by atoms with E-state index >= 15 is 0 Å². The van der Waals surface area contributed by atoms with Gasteiger partial charge in [-0.3, -0.25) is 9.59 Å². The molecule has 0 unspecified atom stereocenters. The predicted molar refractivity (Wildman–Crippen MR) is 117 cm³/mol. The van der Waals surface area contributed by atoms with Crippen molar-refractivity contribution in [1.82, 2.24) is 0 Å². The maximum atomic E-state index is 13.0. The lowest BCUT2D eigenvalue weighted by Gasteiger charge is -2.24. The molecule has 0 bridgehead atoms. The predicted octanol–water partition coefficient (Wildman–Crippen LogP) is 4.48. The Labute approximate surface area is 168 Å². The minimum atomic E-state index is -1.22. The van der Waals surface area contributed by atoms with E-state index in [2.05, 4.69) is 24.5 Å². The van der Waals surface area contributed by atoms with Crippen LogP contribution >= 0.6 is 0 Å². The fourth-order valence-electron chi connectivity index (χ4n) is 2.91. The summed E-state index contributed by atoms with van der Waals surface area (Å²) in [5, 5.41) is 5.86. The summed E-state index contributed by atoms with van der Waals surface area (Å²) in [6.45, 7) is 7.40. The van der Waals surface area contributed by atoms with Crippen LogP contribution in [0.3, 0.4) is 0 Å². The lowest BCUT2D eigenvalue weighted by atomic mass is 9.90. The normalized spacial score (nSPS) is 11.1. The van der Waals surface area contributed by atoms with Crippen LogP contribution < -0.4 is 15.5 Å². The maximum absolute atomic E-state index is 13.0. The molecule has 0 heterocycles. The summed E-state index contributed by atoms with van der Waals surface area (Å²) in [5.74, 6) is -0.653. The van der Waals surface area contributed by atoms with Gasteiger partial charge in [0.2, 0.25) is 11.8 Å². The van der Waals surface area contributed by atoms with Crippen LogP contribution in [0.25, 0.3) is 0 Å². The molecule has 0 aromatic heterocycles. The molecule has 2 aromatic carbocycles. The summed E-state index contributed by atoms with van der Waals surface area (Å²) >= 11 is 0. The summed E-state index contributed by atoms with van der Waals surface area (Å²) in [4.78, 5) is 27.8. The molecule has 0 saturated heterocycles. The SMILES string of the molecule is CCc1cccc(CC)c1NC(=O)C(C)(C)C(=O)Nc1ccc(N(C)C)cc1. The van der Waals surface area contributed by atoms with Crippen LogP contribution in [0.15, 0.2) is 42.5 Å². The van der Waals surface area contributed by atoms with E-state index in [4.69, 9.17) is 0 Å². The Morgan fingerprint density at radius 1 is 0.857 bits per heavy atom. The van der Waals surface area contributed by atoms with Crippen LogP contribution in [0.5, 0.6) is 0 Å². The first kappa shape index (κ1) is 21.5. The van der Waals surface area contributed by atoms with E-state index in [1.54, 1.807) is 13.8 Å². The second-order valence-corrected chi connectivity index (χ2v) is 7.63. The van der Waals surface area contributed by atoms with Gasteiger partial charge in [0, 0.05) is 31.2 Å². The quantitative estimate of drug-likeness (QED) is 0.695. The zero-order valence-corrected chi connectivity index (χ0v) is 17.7. The van der Waals surface area contributed by atoms with Crippen molar-refractivity contribution in [2.75, 3.05) is 29.6 Å². The zero-order valence-electron chi connectivity index (χ0n) is 17.7. The van der Waals surface area contributed by atoms with Gasteiger partial charge < -0.3 is 15.5 Å². The third-order valence-corrected chi connectivity index (χ3v) is 5.01. The minimum Gasteiger partial charge on any atom is -0.378 e. The molecule has 5 heteroatoms. The maximum Gasteiger partial charge on any atom is 0.239 e. The molecule has 0 aliphatic carbocycles. The summed E-state index contributed by atoms with van der Waals surface area (Å²) in [6, 6.07) is 13.5. The highest BCUT2D eigenvalue weighted by atomic mass is 16.2. The molecule has 0 saturated carbocycles. The van der Waals surface area contributed by atoms with E-state index in [9.17, 15) is 9.59 Å². The summed E-state index contributed by atoms with van der Waals surface area (Å²) in [6.07, 6.45) is 1.63. The number of rotatable bonds is 7. The summed E-state index contributed by atoms with van der Waals surface area (Å²) < 4.78 is 0. The lowest BCUT2D eigenvalue weighted by Crippen LogP contribution is -2.42. The van der Waals surface area contributed by atoms with Gasteiger partial charge in [-0.1, -0.05) is 32.0 Å². The van der Waals surface area contributed by atoms with E-state index in [1.807, 2.05) is 61.5 Å². The molecule has 0 spiro atoms. The summed E-state index contributed by atoms with van der Waals surface area (Å²) in [7, 11) is 3.92. The van der Waals surface area contributed by atoms with Crippen LogP contribution in [0, 0.1) is 5.41 Å². The average Bonchev–Trinajstić information content (AvgIpc) is 2.68. The number of carbonyl (C=O) groups excluding carboxylic acids is 2. The average molecular weight is 382 g/mol. The number of anilines is 3. The molecule has 0 aliphatic heterocycles. The molecule has 0 fully saturated rings. The second kappa shape index (κ2) is 8.91. The molecule has 2 aromatic rings. The van der Waals surface area contributed by atoms with Crippen molar-refractivity contribution in [3.05, 3.63) is 53.6 Å². The number of hydrogen-bond donors (Lipinski definition) is 2. The van der Waals surface area contributed by atoms with Crippen molar-refractivity contribution >= 4 is 28.9 Å². The fourth-order valence-corrected chi connectivity index (χ4v) is 2.91. The lowest BCUT2D eigenvalue weighted by molar-refractivity contribution is -0.135. The number of nitrogens with one attached hydrogen (secondary N) is 2. The van der Waals surface area contributed by atoms with Crippen LogP contribution in [0.4, 0.5) is 17.1 Å². The van der Waals surface area contributed by atoms with Crippen molar-refractivity contribution in [2.45, 2.75) is 40.5 Å². The van der Waals surface area contributed by atoms with Crippen LogP contribution in [0.2, 0.25) is 0 Å². The van der Waals surface area contributed by atoms with Gasteiger partial charge in [-0.05, 0) is 62.1 Å². The first-order chi connectivity index (χ1) is 13.2. The van der Waals surface area contributed by atoms with Crippen molar-refractivity contribution < 1.29 is 9.59 Å². The highest BCUT2D eigenvalue weighted by Crippen LogP contribution is 2.27. The van der Waals surface area contributed by atoms with E-state index < -0.39 is 5.41 Å². The first-order valence-corrected chi connectivity index (χ1v) is 9.71. The molecule has 0 aliphatic rings. The van der Waals surface area contributed by atoms with Crippen LogP contribution in [0.1, 0.15) is 38.8 Å². The monoisotopic (exact) mass is 381 g/mol. The third kappa shape index (κ3) is 4.71. The molecular weight excluding hydrogens is 350 g/mol. The molecule has 2 rings (SSSR count). The molecule has 5 nitrogen and oxygen atoms in total. The van der Waals surface area contributed by atoms with Gasteiger partial charge >= 0.3 is 0 Å². The van der Waals surface area contributed by atoms with Gasteiger partial charge in [-0.2, -0.15) is 0 Å². The number of carbonyl (C=O) groups is 2. The molecule has 2 N–H and O–H groups in total. The van der Waals surface area contributed by atoms with Gasteiger partial charge in [0.05, 0.1) is 0 Å². The van der Waals surface area contributed by atoms with Crippen molar-refractivity contribution in [3.8, 4) is 0 Å². The minimum absolute atomic E-state index is 0.314. The highest BCUT2D eigenvalue weighted by Gasteiger charge is 2.36. The van der Waals surface area contributed by atoms with Crippen molar-refractivity contribution in [1.29, 1.82) is 0 Å². The van der Waals surface area contributed by atoms with E-state index in [0.29, 0.717) is 5.69 Å². The molecule has 0 atom stereocenters. The molecule has 0 radical (unpaired) electrons. The number of aryl methyl sites for hydroxylation is 2. The van der Waals surface area contributed by atoms with E-state index in [0.717, 1.165) is 35.3 Å². The van der Waals surface area contributed by atoms with Gasteiger partial charge in [0.15, 0.2) is 0 Å². The smallest absolute Gasteiger partial charge is 0.239 e. The molecule has 2 amide bonds. The Morgan fingerprint density at radius 3 is 1.82 bits per heavy atom. The summed E-state index contributed by atoms with van der Waals surface area (Å²) in [5.41, 5.74) is 3.46. The molecular formula is C23H31N3O2. The molecule has 28 heavy (non-hydrogen) atoms. The Hall–Kier alpha value is -2.82. The topological polar surface area (TPSA) is 61.4 Å². The van der Waals surface area contributed by atoms with Gasteiger partial charge in [0.1, 0.15) is 5.41 Å². The van der Waals surface area contributed by atoms with Crippen LogP contribution in [-0.2, 0) is 22.4 Å². The Kier molecular flexibility index (Phi) is 6.84. The zero-order chi connectivity index (χ0) is 20.9. The number of amides is 2. The molecule has 150 valence electrons. The van der Waals surface area contributed by atoms with E-state index in [1.165, 1.54) is 0 Å². The highest BCUT2D eigenvalue weighted by molar-refractivity contribution is 6.14. The first-order valence-electron chi connectivity index (χ1n) is 9.71. The van der Waals surface area contributed by atoms with E-state index in [-0.39, 0.29) is 11.8 Å². The van der Waals surface area contributed by atoms with Crippen molar-refractivity contribution in [3.63, 3.8) is 0 Å². The second-order valence-electron chi connectivity index (χ2n) is 7.63. The Bertz CT molecular complexity index is 817. The largest absolute Gasteiger partial charge is 0.378 e. The fraction of sp³-hybridized carbons (Fsp3) is 0.391. The van der Waals surface area contributed by atoms with Gasteiger partial charge in [0.25, 0.3) is 0 Å². The Balaban J connectivity index is 2.17.